The van der Waals surface area contributed by atoms with Crippen molar-refractivity contribution in [2.24, 2.45) is 0 Å². The van der Waals surface area contributed by atoms with Crippen LogP contribution in [0, 0.1) is 5.82 Å². The molecule has 1 aromatic carbocycles. The van der Waals surface area contributed by atoms with Gasteiger partial charge in [0, 0.05) is 18.2 Å². The van der Waals surface area contributed by atoms with Crippen molar-refractivity contribution in [3.05, 3.63) is 41.7 Å². The molecule has 1 aromatic rings. The maximum atomic E-state index is 13.4. The summed E-state index contributed by atoms with van der Waals surface area (Å²) in [6.07, 6.45) is 4.68. The zero-order valence-electron chi connectivity index (χ0n) is 11.0. The van der Waals surface area contributed by atoms with E-state index in [1.165, 1.54) is 23.1 Å². The number of rotatable bonds is 3. The van der Waals surface area contributed by atoms with Gasteiger partial charge in [-0.2, -0.15) is 0 Å². The number of hydrogen-bond acceptors (Lipinski definition) is 2. The largest absolute Gasteiger partial charge is 0.480 e. The fourth-order valence-corrected chi connectivity index (χ4v) is 2.32. The standard InChI is InChI=1S/C15H16FNO3/c16-12-6-2-1-5-11(12)8-9-14(18)17-10-4-3-7-13(17)15(19)20/h1-2,5-6,8-9,13H,3-4,7,10H2,(H,19,20)/b9-8-/t13-/m1/s1. The highest BCUT2D eigenvalue weighted by Gasteiger charge is 2.30. The van der Waals surface area contributed by atoms with Crippen LogP contribution in [0.5, 0.6) is 0 Å². The Morgan fingerprint density at radius 2 is 2.05 bits per heavy atom. The molecule has 0 aliphatic carbocycles. The van der Waals surface area contributed by atoms with E-state index in [1.54, 1.807) is 18.2 Å². The third-order valence-corrected chi connectivity index (χ3v) is 3.38. The third-order valence-electron chi connectivity index (χ3n) is 3.38. The zero-order valence-corrected chi connectivity index (χ0v) is 11.0. The van der Waals surface area contributed by atoms with Crippen LogP contribution in [0.4, 0.5) is 4.39 Å². The summed E-state index contributed by atoms with van der Waals surface area (Å²) in [6, 6.07) is 5.34. The molecule has 20 heavy (non-hydrogen) atoms. The number of carboxylic acids is 1. The van der Waals surface area contributed by atoms with Gasteiger partial charge in [0.05, 0.1) is 0 Å². The molecule has 1 amide bonds. The summed E-state index contributed by atoms with van der Waals surface area (Å²) in [5.41, 5.74) is 0.310. The third kappa shape index (κ3) is 3.23. The van der Waals surface area contributed by atoms with E-state index in [1.807, 2.05) is 0 Å². The first-order valence-corrected chi connectivity index (χ1v) is 6.55. The molecule has 1 N–H and O–H groups in total. The Hall–Kier alpha value is -2.17. The molecule has 0 aromatic heterocycles. The zero-order chi connectivity index (χ0) is 14.5. The predicted octanol–water partition coefficient (Wildman–Crippen LogP) is 2.30. The SMILES string of the molecule is O=C(O)[C@H]1CCCCN1C(=O)/C=C\c1ccccc1F. The quantitative estimate of drug-likeness (QED) is 0.862. The Balaban J connectivity index is 2.10. The van der Waals surface area contributed by atoms with E-state index in [4.69, 9.17) is 5.11 Å². The Kier molecular flexibility index (Phi) is 4.50. The topological polar surface area (TPSA) is 57.6 Å². The molecule has 1 fully saturated rings. The number of nitrogens with zero attached hydrogens (tertiary/aromatic N) is 1. The van der Waals surface area contributed by atoms with Gasteiger partial charge in [0.2, 0.25) is 5.91 Å². The molecule has 1 aliphatic heterocycles. The Morgan fingerprint density at radius 1 is 1.30 bits per heavy atom. The summed E-state index contributed by atoms with van der Waals surface area (Å²) >= 11 is 0. The molecule has 0 bridgehead atoms. The van der Waals surface area contributed by atoms with E-state index in [2.05, 4.69) is 0 Å². The second-order valence-electron chi connectivity index (χ2n) is 4.74. The molecule has 4 nitrogen and oxygen atoms in total. The smallest absolute Gasteiger partial charge is 0.326 e. The summed E-state index contributed by atoms with van der Waals surface area (Å²) in [5, 5.41) is 9.11. The summed E-state index contributed by atoms with van der Waals surface area (Å²) in [6.45, 7) is 0.428. The van der Waals surface area contributed by atoms with Crippen LogP contribution in [0.25, 0.3) is 6.08 Å². The lowest BCUT2D eigenvalue weighted by atomic mass is 10.0. The van der Waals surface area contributed by atoms with Crippen molar-refractivity contribution in [1.82, 2.24) is 4.90 Å². The number of amides is 1. The van der Waals surface area contributed by atoms with Crippen LogP contribution in [0.1, 0.15) is 24.8 Å². The minimum absolute atomic E-state index is 0.310. The first kappa shape index (κ1) is 14.2. The van der Waals surface area contributed by atoms with Crippen molar-refractivity contribution >= 4 is 18.0 Å². The van der Waals surface area contributed by atoms with Gasteiger partial charge in [-0.15, -0.1) is 0 Å². The minimum Gasteiger partial charge on any atom is -0.480 e. The molecule has 2 rings (SSSR count). The van der Waals surface area contributed by atoms with Crippen LogP contribution in [0.3, 0.4) is 0 Å². The van der Waals surface area contributed by atoms with Gasteiger partial charge in [-0.25, -0.2) is 9.18 Å². The van der Waals surface area contributed by atoms with E-state index >= 15 is 0 Å². The maximum Gasteiger partial charge on any atom is 0.326 e. The molecule has 5 heteroatoms. The van der Waals surface area contributed by atoms with E-state index < -0.39 is 17.8 Å². The normalized spacial score (nSPS) is 19.2. The number of carbonyl (C=O) groups excluding carboxylic acids is 1. The van der Waals surface area contributed by atoms with E-state index in [9.17, 15) is 14.0 Å². The minimum atomic E-state index is -0.989. The molecule has 0 unspecified atom stereocenters. The molecule has 106 valence electrons. The van der Waals surface area contributed by atoms with Crippen LogP contribution >= 0.6 is 0 Å². The van der Waals surface area contributed by atoms with Crippen LogP contribution in [-0.2, 0) is 9.59 Å². The highest BCUT2D eigenvalue weighted by Crippen LogP contribution is 2.18. The molecular formula is C15H16FNO3. The van der Waals surface area contributed by atoms with Gasteiger partial charge in [0.25, 0.3) is 0 Å². The van der Waals surface area contributed by atoms with E-state index in [-0.39, 0.29) is 5.91 Å². The average Bonchev–Trinajstić information content (AvgIpc) is 2.46. The van der Waals surface area contributed by atoms with Gasteiger partial charge in [-0.1, -0.05) is 18.2 Å². The number of likely N-dealkylation sites (tertiary alicyclic amines) is 1. The molecule has 1 aliphatic rings. The average molecular weight is 277 g/mol. The molecular weight excluding hydrogens is 261 g/mol. The lowest BCUT2D eigenvalue weighted by Crippen LogP contribution is -2.47. The van der Waals surface area contributed by atoms with E-state index in [0.29, 0.717) is 18.5 Å². The van der Waals surface area contributed by atoms with Crippen molar-refractivity contribution in [3.8, 4) is 0 Å². The van der Waals surface area contributed by atoms with Gasteiger partial charge < -0.3 is 10.0 Å². The summed E-state index contributed by atoms with van der Waals surface area (Å²) < 4.78 is 13.4. The van der Waals surface area contributed by atoms with E-state index in [0.717, 1.165) is 12.8 Å². The Morgan fingerprint density at radius 3 is 2.75 bits per heavy atom. The van der Waals surface area contributed by atoms with Gasteiger partial charge in [0.15, 0.2) is 0 Å². The highest BCUT2D eigenvalue weighted by molar-refractivity contribution is 5.94. The van der Waals surface area contributed by atoms with Crippen molar-refractivity contribution in [2.75, 3.05) is 6.54 Å². The number of carboxylic acid groups (broad SMARTS) is 1. The predicted molar refractivity (Wildman–Crippen MR) is 72.4 cm³/mol. The lowest BCUT2D eigenvalue weighted by Gasteiger charge is -2.32. The van der Waals surface area contributed by atoms with Gasteiger partial charge >= 0.3 is 5.97 Å². The van der Waals surface area contributed by atoms with Crippen LogP contribution < -0.4 is 0 Å². The summed E-state index contributed by atoms with van der Waals surface area (Å²) in [7, 11) is 0. The Bertz CT molecular complexity index is 542. The second-order valence-corrected chi connectivity index (χ2v) is 4.74. The number of carbonyl (C=O) groups is 2. The lowest BCUT2D eigenvalue weighted by molar-refractivity contribution is -0.150. The van der Waals surface area contributed by atoms with Crippen molar-refractivity contribution in [2.45, 2.75) is 25.3 Å². The molecule has 0 spiro atoms. The van der Waals surface area contributed by atoms with Crippen LogP contribution in [-0.4, -0.2) is 34.5 Å². The number of halogens is 1. The summed E-state index contributed by atoms with van der Waals surface area (Å²) in [5.74, 6) is -1.79. The summed E-state index contributed by atoms with van der Waals surface area (Å²) in [4.78, 5) is 24.5. The first-order valence-electron chi connectivity index (χ1n) is 6.55. The monoisotopic (exact) mass is 277 g/mol. The molecule has 0 saturated carbocycles. The molecule has 1 heterocycles. The number of hydrogen-bond donors (Lipinski definition) is 1. The fraction of sp³-hybridized carbons (Fsp3) is 0.333. The fourth-order valence-electron chi connectivity index (χ4n) is 2.32. The number of benzene rings is 1. The second kappa shape index (κ2) is 6.32. The molecule has 1 saturated heterocycles. The van der Waals surface area contributed by atoms with Crippen LogP contribution in [0.15, 0.2) is 30.3 Å². The first-order chi connectivity index (χ1) is 9.59. The van der Waals surface area contributed by atoms with Gasteiger partial charge in [-0.05, 0) is 31.4 Å². The number of aliphatic carboxylic acids is 1. The maximum absolute atomic E-state index is 13.4. The van der Waals surface area contributed by atoms with Crippen molar-refractivity contribution in [3.63, 3.8) is 0 Å². The van der Waals surface area contributed by atoms with Crippen molar-refractivity contribution < 1.29 is 19.1 Å². The van der Waals surface area contributed by atoms with Crippen LogP contribution in [0.2, 0.25) is 0 Å². The van der Waals surface area contributed by atoms with Gasteiger partial charge in [0.1, 0.15) is 11.9 Å². The highest BCUT2D eigenvalue weighted by atomic mass is 19.1. The van der Waals surface area contributed by atoms with Gasteiger partial charge in [-0.3, -0.25) is 4.79 Å². The molecule has 0 radical (unpaired) electrons. The number of piperidine rings is 1. The molecule has 1 atom stereocenters. The Labute approximate surface area is 116 Å². The van der Waals surface area contributed by atoms with Crippen molar-refractivity contribution in [1.29, 1.82) is 0 Å².